The largest absolute Gasteiger partial charge is 0.381 e. The summed E-state index contributed by atoms with van der Waals surface area (Å²) in [5, 5.41) is 5.49. The number of amides is 1. The van der Waals surface area contributed by atoms with Crippen LogP contribution in [0, 0.1) is 0 Å². The first-order valence-electron chi connectivity index (χ1n) is 9.89. The summed E-state index contributed by atoms with van der Waals surface area (Å²) in [6.07, 6.45) is 5.04. The van der Waals surface area contributed by atoms with Gasteiger partial charge in [0.1, 0.15) is 5.15 Å². The lowest BCUT2D eigenvalue weighted by Crippen LogP contribution is -2.36. The summed E-state index contributed by atoms with van der Waals surface area (Å²) in [5.74, 6) is 1.07. The minimum Gasteiger partial charge on any atom is -0.381 e. The van der Waals surface area contributed by atoms with Crippen LogP contribution in [0.25, 0.3) is 0 Å². The maximum atomic E-state index is 12.3. The smallest absolute Gasteiger partial charge is 0.222 e. The highest BCUT2D eigenvalue weighted by Gasteiger charge is 2.31. The number of hydrogen-bond donors (Lipinski definition) is 0. The van der Waals surface area contributed by atoms with Gasteiger partial charge in [-0.25, -0.2) is 4.98 Å². The molecule has 4 heterocycles. The Hall–Kier alpha value is -2.12. The number of carbonyl (C=O) groups is 1. The van der Waals surface area contributed by atoms with E-state index in [1.807, 2.05) is 29.8 Å². The fourth-order valence-electron chi connectivity index (χ4n) is 4.05. The Balaban J connectivity index is 1.73. The number of carbonyl (C=O) groups excluding carboxylic acids is 1. The molecule has 0 aliphatic carbocycles. The third-order valence-electron chi connectivity index (χ3n) is 5.67. The van der Waals surface area contributed by atoms with E-state index in [1.54, 1.807) is 12.3 Å². The van der Waals surface area contributed by atoms with E-state index < -0.39 is 0 Å². The Morgan fingerprint density at radius 1 is 1.36 bits per heavy atom. The normalized spacial score (nSPS) is 17.5. The maximum Gasteiger partial charge on any atom is 0.222 e. The first kappa shape index (κ1) is 19.2. The molecule has 28 heavy (non-hydrogen) atoms. The van der Waals surface area contributed by atoms with Gasteiger partial charge in [-0.1, -0.05) is 18.5 Å². The van der Waals surface area contributed by atoms with Gasteiger partial charge in [0.2, 0.25) is 5.91 Å². The predicted molar refractivity (Wildman–Crippen MR) is 108 cm³/mol. The molecule has 1 saturated heterocycles. The molecule has 2 aromatic heterocycles. The van der Waals surface area contributed by atoms with Crippen molar-refractivity contribution in [3.05, 3.63) is 34.7 Å². The van der Waals surface area contributed by atoms with Crippen molar-refractivity contribution in [3.8, 4) is 0 Å². The van der Waals surface area contributed by atoms with Crippen LogP contribution >= 0.6 is 11.6 Å². The summed E-state index contributed by atoms with van der Waals surface area (Å²) in [6, 6.07) is 4.07. The lowest BCUT2D eigenvalue weighted by molar-refractivity contribution is -0.131. The molecule has 0 unspecified atom stereocenters. The average molecular weight is 404 g/mol. The van der Waals surface area contributed by atoms with Gasteiger partial charge in [-0.15, -0.1) is 0 Å². The third kappa shape index (κ3) is 3.61. The number of anilines is 2. The van der Waals surface area contributed by atoms with Crippen LogP contribution in [-0.2, 0) is 22.5 Å². The van der Waals surface area contributed by atoms with E-state index >= 15 is 0 Å². The van der Waals surface area contributed by atoms with E-state index in [0.29, 0.717) is 24.2 Å². The van der Waals surface area contributed by atoms with Crippen molar-refractivity contribution in [3.63, 3.8) is 0 Å². The molecule has 2 aromatic rings. The average Bonchev–Trinajstić information content (AvgIpc) is 3.12. The molecule has 2 aliphatic heterocycles. The highest BCUT2D eigenvalue weighted by Crippen LogP contribution is 2.35. The van der Waals surface area contributed by atoms with Crippen LogP contribution in [-0.4, -0.2) is 52.4 Å². The van der Waals surface area contributed by atoms with E-state index in [0.717, 1.165) is 56.1 Å². The number of halogens is 1. The highest BCUT2D eigenvalue weighted by atomic mass is 35.5. The Morgan fingerprint density at radius 3 is 2.82 bits per heavy atom. The van der Waals surface area contributed by atoms with Crippen molar-refractivity contribution >= 4 is 29.0 Å². The maximum absolute atomic E-state index is 12.3. The Labute approximate surface area is 170 Å². The molecule has 7 nitrogen and oxygen atoms in total. The fourth-order valence-corrected chi connectivity index (χ4v) is 4.17. The van der Waals surface area contributed by atoms with Crippen molar-refractivity contribution in [1.82, 2.24) is 19.7 Å². The van der Waals surface area contributed by atoms with E-state index in [4.69, 9.17) is 21.4 Å². The summed E-state index contributed by atoms with van der Waals surface area (Å²) in [5.41, 5.74) is 3.30. The van der Waals surface area contributed by atoms with Crippen molar-refractivity contribution in [2.75, 3.05) is 31.7 Å². The topological polar surface area (TPSA) is 63.5 Å². The Morgan fingerprint density at radius 2 is 2.14 bits per heavy atom. The number of nitrogens with zero attached hydrogens (tertiary/aromatic N) is 5. The number of ether oxygens (including phenoxy) is 1. The molecule has 0 atom stereocenters. The van der Waals surface area contributed by atoms with Crippen LogP contribution in [0.2, 0.25) is 5.15 Å². The van der Waals surface area contributed by atoms with Crippen molar-refractivity contribution in [1.29, 1.82) is 0 Å². The van der Waals surface area contributed by atoms with Gasteiger partial charge < -0.3 is 14.5 Å². The summed E-state index contributed by atoms with van der Waals surface area (Å²) >= 11 is 5.95. The molecule has 2 aliphatic rings. The molecule has 150 valence electrons. The molecule has 0 bridgehead atoms. The molecule has 0 saturated carbocycles. The Bertz CT molecular complexity index is 845. The molecule has 0 spiro atoms. The van der Waals surface area contributed by atoms with Crippen LogP contribution < -0.4 is 4.90 Å². The van der Waals surface area contributed by atoms with Crippen LogP contribution in [0.5, 0.6) is 0 Å². The minimum absolute atomic E-state index is 0.186. The molecule has 1 fully saturated rings. The molecular formula is C20H26ClN5O2. The van der Waals surface area contributed by atoms with Crippen LogP contribution in [0.4, 0.5) is 11.5 Å². The third-order valence-corrected chi connectivity index (χ3v) is 5.90. The van der Waals surface area contributed by atoms with E-state index in [2.05, 4.69) is 9.67 Å². The van der Waals surface area contributed by atoms with Gasteiger partial charge in [0, 0.05) is 50.9 Å². The summed E-state index contributed by atoms with van der Waals surface area (Å²) in [6.45, 7) is 4.81. The fraction of sp³-hybridized carbons (Fsp3) is 0.550. The number of fused-ring (bicyclic) bond motifs is 1. The zero-order valence-corrected chi connectivity index (χ0v) is 17.2. The van der Waals surface area contributed by atoms with Gasteiger partial charge in [0.15, 0.2) is 5.82 Å². The van der Waals surface area contributed by atoms with Crippen molar-refractivity contribution in [2.24, 2.45) is 0 Å². The lowest BCUT2D eigenvalue weighted by atomic mass is 10.0. The van der Waals surface area contributed by atoms with Gasteiger partial charge in [-0.3, -0.25) is 9.48 Å². The summed E-state index contributed by atoms with van der Waals surface area (Å²) < 4.78 is 7.73. The molecule has 0 radical (unpaired) electrons. The molecular weight excluding hydrogens is 378 g/mol. The zero-order valence-electron chi connectivity index (χ0n) is 16.4. The van der Waals surface area contributed by atoms with Crippen LogP contribution in [0.15, 0.2) is 18.3 Å². The molecule has 0 N–H and O–H groups in total. The van der Waals surface area contributed by atoms with Crippen LogP contribution in [0.3, 0.4) is 0 Å². The number of pyridine rings is 1. The first-order valence-corrected chi connectivity index (χ1v) is 10.3. The van der Waals surface area contributed by atoms with Crippen molar-refractivity contribution < 1.29 is 9.53 Å². The van der Waals surface area contributed by atoms with E-state index in [-0.39, 0.29) is 5.91 Å². The van der Waals surface area contributed by atoms with Gasteiger partial charge in [0.25, 0.3) is 0 Å². The molecule has 8 heteroatoms. The van der Waals surface area contributed by atoms with Gasteiger partial charge in [0.05, 0.1) is 24.5 Å². The first-order chi connectivity index (χ1) is 13.6. The number of rotatable bonds is 4. The summed E-state index contributed by atoms with van der Waals surface area (Å²) in [7, 11) is 1.99. The molecule has 4 rings (SSSR count). The highest BCUT2D eigenvalue weighted by molar-refractivity contribution is 6.29. The van der Waals surface area contributed by atoms with Gasteiger partial charge in [-0.05, 0) is 25.0 Å². The van der Waals surface area contributed by atoms with E-state index in [1.165, 1.54) is 5.69 Å². The van der Waals surface area contributed by atoms with Crippen molar-refractivity contribution in [2.45, 2.75) is 45.2 Å². The number of hydrogen-bond acceptors (Lipinski definition) is 5. The minimum atomic E-state index is 0.186. The van der Waals surface area contributed by atoms with Gasteiger partial charge >= 0.3 is 0 Å². The number of aromatic nitrogens is 3. The van der Waals surface area contributed by atoms with Crippen LogP contribution in [0.1, 0.15) is 43.5 Å². The standard InChI is InChI=1S/C20H26ClN5O2/c1-3-19(27)25-9-6-17-16(13-25)20(23-26(17)14-7-10-28-11-8-14)24(2)15-4-5-18(21)22-12-15/h4-5,12,14H,3,6-11,13H2,1-2H3. The molecule has 0 aromatic carbocycles. The predicted octanol–water partition coefficient (Wildman–Crippen LogP) is 3.35. The zero-order chi connectivity index (χ0) is 19.7. The Kier molecular flexibility index (Phi) is 5.55. The van der Waals surface area contributed by atoms with E-state index in [9.17, 15) is 4.79 Å². The summed E-state index contributed by atoms with van der Waals surface area (Å²) in [4.78, 5) is 20.5. The quantitative estimate of drug-likeness (QED) is 0.732. The second-order valence-corrected chi connectivity index (χ2v) is 7.74. The van der Waals surface area contributed by atoms with Gasteiger partial charge in [-0.2, -0.15) is 5.10 Å². The second-order valence-electron chi connectivity index (χ2n) is 7.35. The SMILES string of the molecule is CCC(=O)N1CCc2c(c(N(C)c3ccc(Cl)nc3)nn2C2CCOCC2)C1. The monoisotopic (exact) mass is 403 g/mol. The molecule has 1 amide bonds. The second kappa shape index (κ2) is 8.09. The lowest BCUT2D eigenvalue weighted by Gasteiger charge is -2.30.